The molecular formula is C21H26N4O2. The second-order valence-corrected chi connectivity index (χ2v) is 7.30. The number of fused-ring (bicyclic) bond motifs is 1. The van der Waals surface area contributed by atoms with Gasteiger partial charge in [0.15, 0.2) is 0 Å². The number of aromatic nitrogens is 2. The lowest BCUT2D eigenvalue weighted by molar-refractivity contribution is -0.130. The van der Waals surface area contributed by atoms with E-state index in [0.29, 0.717) is 6.42 Å². The zero-order valence-electron chi connectivity index (χ0n) is 15.8. The Hall–Kier alpha value is -2.47. The number of hydrogen-bond acceptors (Lipinski definition) is 5. The van der Waals surface area contributed by atoms with Gasteiger partial charge in [0.05, 0.1) is 7.11 Å². The van der Waals surface area contributed by atoms with Gasteiger partial charge in [-0.25, -0.2) is 9.97 Å². The summed E-state index contributed by atoms with van der Waals surface area (Å²) in [4.78, 5) is 23.9. The van der Waals surface area contributed by atoms with E-state index in [0.717, 1.165) is 62.6 Å². The number of carbonyl (C=O) groups excluding carboxylic acids is 1. The van der Waals surface area contributed by atoms with Gasteiger partial charge in [0.2, 0.25) is 5.91 Å². The molecule has 0 unspecified atom stereocenters. The van der Waals surface area contributed by atoms with Gasteiger partial charge in [-0.2, -0.15) is 0 Å². The molecule has 1 N–H and O–H groups in total. The average molecular weight is 366 g/mol. The van der Waals surface area contributed by atoms with Crippen LogP contribution < -0.4 is 10.1 Å². The lowest BCUT2D eigenvalue weighted by atomic mass is 10.1. The van der Waals surface area contributed by atoms with Crippen LogP contribution in [0.2, 0.25) is 0 Å². The van der Waals surface area contributed by atoms with Crippen LogP contribution in [0, 0.1) is 0 Å². The third-order valence-corrected chi connectivity index (χ3v) is 5.52. The van der Waals surface area contributed by atoms with Gasteiger partial charge in [0.1, 0.15) is 11.6 Å². The molecule has 3 heterocycles. The number of ether oxygens (including phenoxy) is 1. The lowest BCUT2D eigenvalue weighted by Crippen LogP contribution is -2.29. The number of benzene rings is 1. The molecule has 1 fully saturated rings. The summed E-state index contributed by atoms with van der Waals surface area (Å²) in [7, 11) is 1.66. The summed E-state index contributed by atoms with van der Waals surface area (Å²) in [5.74, 6) is 2.22. The highest BCUT2D eigenvalue weighted by Crippen LogP contribution is 2.26. The largest absolute Gasteiger partial charge is 0.497 e. The summed E-state index contributed by atoms with van der Waals surface area (Å²) >= 11 is 0. The van der Waals surface area contributed by atoms with Gasteiger partial charge in [0, 0.05) is 62.4 Å². The molecule has 0 radical (unpaired) electrons. The Kier molecular flexibility index (Phi) is 5.34. The highest BCUT2D eigenvalue weighted by molar-refractivity contribution is 5.76. The smallest absolute Gasteiger partial charge is 0.222 e. The number of amides is 1. The number of rotatable bonds is 5. The fourth-order valence-electron chi connectivity index (χ4n) is 3.85. The Labute approximate surface area is 160 Å². The normalized spacial score (nSPS) is 19.0. The van der Waals surface area contributed by atoms with Crippen LogP contribution in [0.15, 0.2) is 30.5 Å². The number of methoxy groups -OCH3 is 1. The SMILES string of the molecule is COc1ccc(CCC(=O)N2CC[C@H](c3ncc4c(n3)CCNC4)C2)cc1. The molecule has 1 amide bonds. The molecule has 2 aliphatic heterocycles. The summed E-state index contributed by atoms with van der Waals surface area (Å²) in [6, 6.07) is 7.92. The number of nitrogens with zero attached hydrogens (tertiary/aromatic N) is 3. The maximum atomic E-state index is 12.6. The number of hydrogen-bond donors (Lipinski definition) is 1. The second kappa shape index (κ2) is 8.05. The van der Waals surface area contributed by atoms with Crippen LogP contribution in [0.5, 0.6) is 5.75 Å². The van der Waals surface area contributed by atoms with Crippen LogP contribution in [-0.4, -0.2) is 47.5 Å². The van der Waals surface area contributed by atoms with Crippen molar-refractivity contribution in [2.45, 2.75) is 38.1 Å². The zero-order chi connectivity index (χ0) is 18.6. The first-order valence-electron chi connectivity index (χ1n) is 9.69. The van der Waals surface area contributed by atoms with Crippen molar-refractivity contribution in [3.05, 3.63) is 53.1 Å². The quantitative estimate of drug-likeness (QED) is 0.878. The molecule has 2 aliphatic rings. The van der Waals surface area contributed by atoms with E-state index in [2.05, 4.69) is 10.3 Å². The van der Waals surface area contributed by atoms with E-state index < -0.39 is 0 Å². The number of aryl methyl sites for hydroxylation is 1. The number of likely N-dealkylation sites (tertiary alicyclic amines) is 1. The van der Waals surface area contributed by atoms with Crippen molar-refractivity contribution in [3.63, 3.8) is 0 Å². The standard InChI is InChI=1S/C21H26N4O2/c1-27-18-5-2-15(3-6-18)4-7-20(26)25-11-9-16(14-25)21-23-13-17-12-22-10-8-19(17)24-21/h2-3,5-6,13,16,22H,4,7-12,14H2,1H3/t16-/m0/s1. The van der Waals surface area contributed by atoms with Crippen molar-refractivity contribution < 1.29 is 9.53 Å². The highest BCUT2D eigenvalue weighted by atomic mass is 16.5. The Morgan fingerprint density at radius 1 is 1.33 bits per heavy atom. The summed E-state index contributed by atoms with van der Waals surface area (Å²) in [6.07, 6.45) is 5.16. The molecular weight excluding hydrogens is 340 g/mol. The van der Waals surface area contributed by atoms with E-state index in [4.69, 9.17) is 9.72 Å². The van der Waals surface area contributed by atoms with Gasteiger partial charge in [0.25, 0.3) is 0 Å². The zero-order valence-corrected chi connectivity index (χ0v) is 15.8. The van der Waals surface area contributed by atoms with E-state index >= 15 is 0 Å². The minimum absolute atomic E-state index is 0.218. The van der Waals surface area contributed by atoms with Crippen molar-refractivity contribution in [3.8, 4) is 5.75 Å². The third kappa shape index (κ3) is 4.11. The van der Waals surface area contributed by atoms with Crippen LogP contribution in [0.25, 0.3) is 0 Å². The predicted molar refractivity (Wildman–Crippen MR) is 103 cm³/mol. The number of nitrogens with one attached hydrogen (secondary N) is 1. The summed E-state index contributed by atoms with van der Waals surface area (Å²) < 4.78 is 5.17. The molecule has 0 spiro atoms. The molecule has 0 bridgehead atoms. The van der Waals surface area contributed by atoms with Gasteiger partial charge in [-0.3, -0.25) is 4.79 Å². The third-order valence-electron chi connectivity index (χ3n) is 5.52. The van der Waals surface area contributed by atoms with Crippen LogP contribution in [0.3, 0.4) is 0 Å². The second-order valence-electron chi connectivity index (χ2n) is 7.30. The molecule has 1 aromatic heterocycles. The Bertz CT molecular complexity index is 806. The van der Waals surface area contributed by atoms with Gasteiger partial charge in [-0.05, 0) is 30.5 Å². The predicted octanol–water partition coefficient (Wildman–Crippen LogP) is 2.08. The Morgan fingerprint density at radius 3 is 3.00 bits per heavy atom. The first-order chi connectivity index (χ1) is 13.2. The van der Waals surface area contributed by atoms with E-state index in [1.807, 2.05) is 35.4 Å². The topological polar surface area (TPSA) is 67.3 Å². The molecule has 1 saturated heterocycles. The summed E-state index contributed by atoms with van der Waals surface area (Å²) in [5, 5.41) is 3.35. The molecule has 6 heteroatoms. The van der Waals surface area contributed by atoms with Gasteiger partial charge < -0.3 is 15.0 Å². The summed E-state index contributed by atoms with van der Waals surface area (Å²) in [5.41, 5.74) is 3.53. The molecule has 142 valence electrons. The molecule has 4 rings (SSSR count). The molecule has 6 nitrogen and oxygen atoms in total. The molecule has 1 aromatic carbocycles. The fourth-order valence-corrected chi connectivity index (χ4v) is 3.85. The van der Waals surface area contributed by atoms with Crippen molar-refractivity contribution in [2.24, 2.45) is 0 Å². The van der Waals surface area contributed by atoms with Crippen LogP contribution >= 0.6 is 0 Å². The summed E-state index contributed by atoms with van der Waals surface area (Å²) in [6.45, 7) is 3.37. The van der Waals surface area contributed by atoms with Crippen molar-refractivity contribution in [1.29, 1.82) is 0 Å². The van der Waals surface area contributed by atoms with Crippen molar-refractivity contribution in [1.82, 2.24) is 20.2 Å². The molecule has 1 atom stereocenters. The van der Waals surface area contributed by atoms with Crippen LogP contribution in [-0.2, 0) is 24.2 Å². The van der Waals surface area contributed by atoms with E-state index in [-0.39, 0.29) is 11.8 Å². The van der Waals surface area contributed by atoms with E-state index in [9.17, 15) is 4.79 Å². The molecule has 27 heavy (non-hydrogen) atoms. The Morgan fingerprint density at radius 2 is 2.19 bits per heavy atom. The lowest BCUT2D eigenvalue weighted by Gasteiger charge is -2.19. The van der Waals surface area contributed by atoms with Crippen molar-refractivity contribution in [2.75, 3.05) is 26.7 Å². The first-order valence-corrected chi connectivity index (χ1v) is 9.69. The monoisotopic (exact) mass is 366 g/mol. The fraction of sp³-hybridized carbons (Fsp3) is 0.476. The van der Waals surface area contributed by atoms with Gasteiger partial charge >= 0.3 is 0 Å². The average Bonchev–Trinajstić information content (AvgIpc) is 3.22. The highest BCUT2D eigenvalue weighted by Gasteiger charge is 2.29. The van der Waals surface area contributed by atoms with Gasteiger partial charge in [-0.15, -0.1) is 0 Å². The van der Waals surface area contributed by atoms with Crippen LogP contribution in [0.1, 0.15) is 41.4 Å². The van der Waals surface area contributed by atoms with E-state index in [1.165, 1.54) is 11.3 Å². The molecule has 0 saturated carbocycles. The van der Waals surface area contributed by atoms with E-state index in [1.54, 1.807) is 7.11 Å². The molecule has 2 aromatic rings. The van der Waals surface area contributed by atoms with Crippen LogP contribution in [0.4, 0.5) is 0 Å². The maximum Gasteiger partial charge on any atom is 0.222 e. The molecule has 0 aliphatic carbocycles. The minimum atomic E-state index is 0.218. The Balaban J connectivity index is 1.32. The number of carbonyl (C=O) groups is 1. The minimum Gasteiger partial charge on any atom is -0.497 e. The maximum absolute atomic E-state index is 12.6. The first kappa shape index (κ1) is 17.9. The van der Waals surface area contributed by atoms with Crippen molar-refractivity contribution >= 4 is 5.91 Å². The van der Waals surface area contributed by atoms with Gasteiger partial charge in [-0.1, -0.05) is 12.1 Å².